The second-order valence-corrected chi connectivity index (χ2v) is 5.34. The molecule has 19 heavy (non-hydrogen) atoms. The van der Waals surface area contributed by atoms with Crippen LogP contribution in [0.1, 0.15) is 62.9 Å². The van der Waals surface area contributed by atoms with Gasteiger partial charge in [-0.3, -0.25) is 0 Å². The van der Waals surface area contributed by atoms with Crippen molar-refractivity contribution in [2.75, 3.05) is 6.54 Å². The van der Waals surface area contributed by atoms with Gasteiger partial charge >= 0.3 is 0 Å². The summed E-state index contributed by atoms with van der Waals surface area (Å²) >= 11 is 0. The Labute approximate surface area is 116 Å². The third-order valence-corrected chi connectivity index (χ3v) is 3.66. The van der Waals surface area contributed by atoms with E-state index in [1.54, 1.807) is 0 Å². The molecule has 104 valence electrons. The fraction of sp³-hybridized carbons (Fsp3) is 0.625. The van der Waals surface area contributed by atoms with E-state index in [0.29, 0.717) is 0 Å². The van der Waals surface area contributed by atoms with Crippen LogP contribution in [0.2, 0.25) is 0 Å². The van der Waals surface area contributed by atoms with E-state index in [4.69, 9.17) is 0 Å². The first-order valence-electron chi connectivity index (χ1n) is 7.52. The summed E-state index contributed by atoms with van der Waals surface area (Å²) in [5.41, 5.74) is 2.59. The molecule has 3 nitrogen and oxygen atoms in total. The first-order chi connectivity index (χ1) is 9.31. The lowest BCUT2D eigenvalue weighted by molar-refractivity contribution is 0.535. The first kappa shape index (κ1) is 14.2. The zero-order valence-electron chi connectivity index (χ0n) is 12.2. The molecule has 3 heteroatoms. The van der Waals surface area contributed by atoms with Crippen LogP contribution in [0.5, 0.6) is 0 Å². The number of aromatic nitrogens is 2. The predicted molar refractivity (Wildman–Crippen MR) is 79.0 cm³/mol. The number of likely N-dealkylation sites (N-methyl/N-ethyl adjacent to an activating group) is 1. The van der Waals surface area contributed by atoms with Crippen LogP contribution >= 0.6 is 0 Å². The van der Waals surface area contributed by atoms with Crippen molar-refractivity contribution >= 4 is 0 Å². The SMILES string of the molecule is CCNC(C1=CCCCCCC1)c1ncc(C)cn1. The highest BCUT2D eigenvalue weighted by atomic mass is 15.0. The molecule has 0 bridgehead atoms. The van der Waals surface area contributed by atoms with E-state index >= 15 is 0 Å². The van der Waals surface area contributed by atoms with Crippen molar-refractivity contribution in [2.45, 2.75) is 58.4 Å². The summed E-state index contributed by atoms with van der Waals surface area (Å²) in [6.07, 6.45) is 13.9. The van der Waals surface area contributed by atoms with Gasteiger partial charge in [0.2, 0.25) is 0 Å². The Bertz CT molecular complexity index is 409. The van der Waals surface area contributed by atoms with E-state index in [9.17, 15) is 0 Å². The molecule has 0 saturated carbocycles. The predicted octanol–water partition coefficient (Wildman–Crippen LogP) is 3.72. The molecule has 0 amide bonds. The van der Waals surface area contributed by atoms with Gasteiger partial charge < -0.3 is 5.32 Å². The second-order valence-electron chi connectivity index (χ2n) is 5.34. The highest BCUT2D eigenvalue weighted by molar-refractivity contribution is 5.19. The van der Waals surface area contributed by atoms with Gasteiger partial charge in [-0.05, 0) is 50.3 Å². The molecule has 0 aromatic carbocycles. The molecule has 1 aromatic heterocycles. The molecule has 1 aliphatic carbocycles. The van der Waals surface area contributed by atoms with Crippen LogP contribution in [0.4, 0.5) is 0 Å². The van der Waals surface area contributed by atoms with Crippen molar-refractivity contribution in [2.24, 2.45) is 0 Å². The molecular formula is C16H25N3. The highest BCUT2D eigenvalue weighted by Gasteiger charge is 2.18. The monoisotopic (exact) mass is 259 g/mol. The summed E-state index contributed by atoms with van der Waals surface area (Å²) in [6.45, 7) is 5.12. The van der Waals surface area contributed by atoms with E-state index in [-0.39, 0.29) is 6.04 Å². The number of rotatable bonds is 4. The zero-order valence-corrected chi connectivity index (χ0v) is 12.2. The lowest BCUT2D eigenvalue weighted by Gasteiger charge is -2.22. The van der Waals surface area contributed by atoms with Crippen molar-refractivity contribution in [1.29, 1.82) is 0 Å². The number of aryl methyl sites for hydroxylation is 1. The van der Waals surface area contributed by atoms with E-state index in [0.717, 1.165) is 17.9 Å². The van der Waals surface area contributed by atoms with Crippen molar-refractivity contribution in [1.82, 2.24) is 15.3 Å². The molecule has 1 N–H and O–H groups in total. The minimum Gasteiger partial charge on any atom is -0.304 e. The smallest absolute Gasteiger partial charge is 0.149 e. The molecule has 0 radical (unpaired) electrons. The minimum absolute atomic E-state index is 0.198. The van der Waals surface area contributed by atoms with Crippen molar-refractivity contribution in [3.8, 4) is 0 Å². The average molecular weight is 259 g/mol. The van der Waals surface area contributed by atoms with Gasteiger partial charge in [0.25, 0.3) is 0 Å². The maximum Gasteiger partial charge on any atom is 0.149 e. The van der Waals surface area contributed by atoms with Crippen LogP contribution < -0.4 is 5.32 Å². The van der Waals surface area contributed by atoms with Crippen molar-refractivity contribution in [3.63, 3.8) is 0 Å². The number of hydrogen-bond acceptors (Lipinski definition) is 3. The first-order valence-corrected chi connectivity index (χ1v) is 7.52. The van der Waals surface area contributed by atoms with Crippen LogP contribution in [0.3, 0.4) is 0 Å². The second kappa shape index (κ2) is 7.39. The van der Waals surface area contributed by atoms with Gasteiger partial charge in [-0.2, -0.15) is 0 Å². The number of hydrogen-bond donors (Lipinski definition) is 1. The van der Waals surface area contributed by atoms with Crippen molar-refractivity contribution in [3.05, 3.63) is 35.4 Å². The van der Waals surface area contributed by atoms with E-state index in [2.05, 4.69) is 28.3 Å². The molecule has 1 aromatic rings. The Kier molecular flexibility index (Phi) is 5.52. The summed E-state index contributed by atoms with van der Waals surface area (Å²) in [5.74, 6) is 0.916. The van der Waals surface area contributed by atoms with Gasteiger partial charge in [0.05, 0.1) is 6.04 Å². The van der Waals surface area contributed by atoms with Gasteiger partial charge in [-0.1, -0.05) is 25.8 Å². The van der Waals surface area contributed by atoms with Gasteiger partial charge in [-0.25, -0.2) is 9.97 Å². The molecule has 1 heterocycles. The summed E-state index contributed by atoms with van der Waals surface area (Å²) in [6, 6.07) is 0.198. The third-order valence-electron chi connectivity index (χ3n) is 3.66. The van der Waals surface area contributed by atoms with Gasteiger partial charge in [0.1, 0.15) is 5.82 Å². The summed E-state index contributed by atoms with van der Waals surface area (Å²) < 4.78 is 0. The number of allylic oxidation sites excluding steroid dienone is 1. The minimum atomic E-state index is 0.198. The largest absolute Gasteiger partial charge is 0.304 e. The van der Waals surface area contributed by atoms with Crippen LogP contribution in [-0.4, -0.2) is 16.5 Å². The van der Waals surface area contributed by atoms with Crippen LogP contribution in [0.25, 0.3) is 0 Å². The highest BCUT2D eigenvalue weighted by Crippen LogP contribution is 2.26. The molecule has 0 fully saturated rings. The van der Waals surface area contributed by atoms with Gasteiger partial charge in [0, 0.05) is 12.4 Å². The molecule has 1 unspecified atom stereocenters. The van der Waals surface area contributed by atoms with E-state index < -0.39 is 0 Å². The topological polar surface area (TPSA) is 37.8 Å². The molecule has 2 rings (SSSR count). The Hall–Kier alpha value is -1.22. The van der Waals surface area contributed by atoms with E-state index in [1.807, 2.05) is 19.3 Å². The lowest BCUT2D eigenvalue weighted by Crippen LogP contribution is -2.25. The summed E-state index contributed by atoms with van der Waals surface area (Å²) in [7, 11) is 0. The maximum atomic E-state index is 4.51. The molecule has 0 spiro atoms. The van der Waals surface area contributed by atoms with Crippen LogP contribution in [0, 0.1) is 6.92 Å². The quantitative estimate of drug-likeness (QED) is 0.837. The normalized spacial score (nSPS) is 18.3. The molecular weight excluding hydrogens is 234 g/mol. The molecule has 0 aliphatic heterocycles. The molecule has 0 saturated heterocycles. The third kappa shape index (κ3) is 4.13. The van der Waals surface area contributed by atoms with E-state index in [1.165, 1.54) is 44.1 Å². The maximum absolute atomic E-state index is 4.51. The lowest BCUT2D eigenvalue weighted by atomic mass is 9.94. The van der Waals surface area contributed by atoms with Gasteiger partial charge in [0.15, 0.2) is 0 Å². The summed E-state index contributed by atoms with van der Waals surface area (Å²) in [4.78, 5) is 9.02. The summed E-state index contributed by atoms with van der Waals surface area (Å²) in [5, 5.41) is 3.54. The molecule has 1 aliphatic rings. The Morgan fingerprint density at radius 3 is 2.63 bits per heavy atom. The Morgan fingerprint density at radius 1 is 1.16 bits per heavy atom. The fourth-order valence-electron chi connectivity index (χ4n) is 2.62. The average Bonchev–Trinajstić information content (AvgIpc) is 2.38. The fourth-order valence-corrected chi connectivity index (χ4v) is 2.62. The number of nitrogens with one attached hydrogen (secondary N) is 1. The van der Waals surface area contributed by atoms with Crippen LogP contribution in [0.15, 0.2) is 24.0 Å². The standard InChI is InChI=1S/C16H25N3/c1-3-17-15(16-18-11-13(2)12-19-16)14-9-7-5-4-6-8-10-14/h9,11-12,15,17H,3-8,10H2,1-2H3. The van der Waals surface area contributed by atoms with Crippen molar-refractivity contribution < 1.29 is 0 Å². The van der Waals surface area contributed by atoms with Crippen LogP contribution in [-0.2, 0) is 0 Å². The Morgan fingerprint density at radius 2 is 1.89 bits per heavy atom. The number of nitrogens with zero attached hydrogens (tertiary/aromatic N) is 2. The van der Waals surface area contributed by atoms with Gasteiger partial charge in [-0.15, -0.1) is 0 Å². The zero-order chi connectivity index (χ0) is 13.5. The molecule has 1 atom stereocenters. The Balaban J connectivity index is 2.20.